The first-order chi connectivity index (χ1) is 7.99. The molecule has 0 spiro atoms. The van der Waals surface area contributed by atoms with Crippen molar-refractivity contribution in [2.45, 2.75) is 12.3 Å². The van der Waals surface area contributed by atoms with Gasteiger partial charge in [-0.2, -0.15) is 0 Å². The van der Waals surface area contributed by atoms with Gasteiger partial charge in [0.25, 0.3) is 0 Å². The van der Waals surface area contributed by atoms with Crippen molar-refractivity contribution in [2.75, 3.05) is 0 Å². The summed E-state index contributed by atoms with van der Waals surface area (Å²) in [5.41, 5.74) is 3.10. The first kappa shape index (κ1) is 13.9. The molecule has 1 unspecified atom stereocenters. The fourth-order valence-corrected chi connectivity index (χ4v) is 5.39. The zero-order valence-electron chi connectivity index (χ0n) is 8.81. The predicted molar refractivity (Wildman–Crippen MR) is 83.6 cm³/mol. The zero-order valence-corrected chi connectivity index (χ0v) is 14.3. The Labute approximate surface area is 131 Å². The highest BCUT2D eigenvalue weighted by Crippen LogP contribution is 2.42. The van der Waals surface area contributed by atoms with Crippen LogP contribution in [-0.4, -0.2) is 0 Å². The van der Waals surface area contributed by atoms with Gasteiger partial charge in [0.05, 0.1) is 12.9 Å². The van der Waals surface area contributed by atoms with Crippen molar-refractivity contribution in [1.82, 2.24) is 0 Å². The van der Waals surface area contributed by atoms with E-state index in [0.29, 0.717) is 5.02 Å². The van der Waals surface area contributed by atoms with Gasteiger partial charge in [-0.1, -0.05) is 23.7 Å². The molecule has 1 atom stereocenters. The molecule has 0 fully saturated rings. The van der Waals surface area contributed by atoms with E-state index in [4.69, 9.17) is 23.2 Å². The van der Waals surface area contributed by atoms with Gasteiger partial charge in [-0.05, 0) is 62.0 Å². The summed E-state index contributed by atoms with van der Waals surface area (Å²) in [5, 5.41) is 0.472. The molecule has 0 aliphatic rings. The van der Waals surface area contributed by atoms with Gasteiger partial charge in [0, 0.05) is 10.6 Å². The Kier molecular flexibility index (Phi) is 4.59. The molecule has 1 heterocycles. The maximum atomic E-state index is 6.48. The van der Waals surface area contributed by atoms with Crippen LogP contribution in [0, 0.1) is 6.92 Å². The molecule has 0 amide bonds. The van der Waals surface area contributed by atoms with Crippen LogP contribution in [0.4, 0.5) is 0 Å². The minimum atomic E-state index is -0.236. The SMILES string of the molecule is Cc1ccc(C(Cl)c2cc(Br)sc2Br)c(Cl)c1. The van der Waals surface area contributed by atoms with Gasteiger partial charge in [-0.25, -0.2) is 0 Å². The van der Waals surface area contributed by atoms with Gasteiger partial charge in [0.2, 0.25) is 0 Å². The molecule has 0 nitrogen and oxygen atoms in total. The summed E-state index contributed by atoms with van der Waals surface area (Å²) in [6.45, 7) is 2.01. The Hall–Kier alpha value is 0.460. The van der Waals surface area contributed by atoms with Crippen LogP contribution in [0.15, 0.2) is 31.8 Å². The minimum Gasteiger partial charge on any atom is -0.121 e. The number of rotatable bonds is 2. The molecular formula is C12H8Br2Cl2S. The normalized spacial score (nSPS) is 12.8. The molecule has 5 heteroatoms. The lowest BCUT2D eigenvalue weighted by Crippen LogP contribution is -1.93. The highest BCUT2D eigenvalue weighted by molar-refractivity contribution is 9.12. The van der Waals surface area contributed by atoms with E-state index in [2.05, 4.69) is 31.9 Å². The quantitative estimate of drug-likeness (QED) is 0.488. The number of thiophene rings is 1. The van der Waals surface area contributed by atoms with Crippen LogP contribution in [0.3, 0.4) is 0 Å². The Morgan fingerprint density at radius 1 is 1.18 bits per heavy atom. The van der Waals surface area contributed by atoms with E-state index < -0.39 is 0 Å². The van der Waals surface area contributed by atoms with E-state index in [-0.39, 0.29) is 5.38 Å². The number of alkyl halides is 1. The highest BCUT2D eigenvalue weighted by atomic mass is 79.9. The van der Waals surface area contributed by atoms with E-state index >= 15 is 0 Å². The lowest BCUT2D eigenvalue weighted by molar-refractivity contribution is 1.14. The Morgan fingerprint density at radius 3 is 2.41 bits per heavy atom. The molecule has 0 saturated heterocycles. The average molecular weight is 415 g/mol. The number of benzene rings is 1. The fourth-order valence-electron chi connectivity index (χ4n) is 1.53. The van der Waals surface area contributed by atoms with Crippen molar-refractivity contribution in [1.29, 1.82) is 0 Å². The average Bonchev–Trinajstić information content (AvgIpc) is 2.57. The maximum Gasteiger partial charge on any atom is 0.0869 e. The van der Waals surface area contributed by atoms with Gasteiger partial charge in [-0.15, -0.1) is 22.9 Å². The lowest BCUT2D eigenvalue weighted by atomic mass is 10.1. The summed E-state index contributed by atoms with van der Waals surface area (Å²) in [6.07, 6.45) is 0. The van der Waals surface area contributed by atoms with E-state index in [1.807, 2.05) is 31.2 Å². The number of hydrogen-bond acceptors (Lipinski definition) is 1. The molecule has 0 aliphatic heterocycles. The van der Waals surface area contributed by atoms with Crippen molar-refractivity contribution < 1.29 is 0 Å². The van der Waals surface area contributed by atoms with Gasteiger partial charge < -0.3 is 0 Å². The van der Waals surface area contributed by atoms with Crippen LogP contribution in [0.25, 0.3) is 0 Å². The highest BCUT2D eigenvalue weighted by Gasteiger charge is 2.19. The molecule has 1 aromatic heterocycles. The summed E-state index contributed by atoms with van der Waals surface area (Å²) in [4.78, 5) is 0. The van der Waals surface area contributed by atoms with Crippen molar-refractivity contribution >= 4 is 66.4 Å². The molecule has 0 radical (unpaired) electrons. The van der Waals surface area contributed by atoms with Crippen molar-refractivity contribution in [3.8, 4) is 0 Å². The van der Waals surface area contributed by atoms with Crippen LogP contribution in [0.2, 0.25) is 5.02 Å². The molecule has 2 rings (SSSR count). The third-order valence-corrected chi connectivity index (χ3v) is 5.57. The van der Waals surface area contributed by atoms with Gasteiger partial charge in [-0.3, -0.25) is 0 Å². The molecule has 17 heavy (non-hydrogen) atoms. The lowest BCUT2D eigenvalue weighted by Gasteiger charge is -2.11. The number of aryl methyl sites for hydroxylation is 1. The van der Waals surface area contributed by atoms with Crippen LogP contribution in [0.1, 0.15) is 22.1 Å². The van der Waals surface area contributed by atoms with Crippen molar-refractivity contribution in [3.05, 3.63) is 53.6 Å². The molecule has 0 aliphatic carbocycles. The van der Waals surface area contributed by atoms with Crippen LogP contribution >= 0.6 is 66.4 Å². The van der Waals surface area contributed by atoms with E-state index in [9.17, 15) is 0 Å². The monoisotopic (exact) mass is 412 g/mol. The van der Waals surface area contributed by atoms with E-state index in [1.54, 1.807) is 11.3 Å². The summed E-state index contributed by atoms with van der Waals surface area (Å²) >= 11 is 21.3. The first-order valence-corrected chi connectivity index (χ1v) is 8.05. The second kappa shape index (κ2) is 5.62. The molecule has 2 aromatic rings. The van der Waals surface area contributed by atoms with Gasteiger partial charge in [0.1, 0.15) is 0 Å². The van der Waals surface area contributed by atoms with Crippen LogP contribution < -0.4 is 0 Å². The summed E-state index contributed by atoms with van der Waals surface area (Å²) in [5.74, 6) is 0. The third-order valence-electron chi connectivity index (χ3n) is 2.39. The Bertz CT molecular complexity index is 551. The van der Waals surface area contributed by atoms with Crippen molar-refractivity contribution in [3.63, 3.8) is 0 Å². The fraction of sp³-hybridized carbons (Fsp3) is 0.167. The Morgan fingerprint density at radius 2 is 1.88 bits per heavy atom. The van der Waals surface area contributed by atoms with Crippen molar-refractivity contribution in [2.24, 2.45) is 0 Å². The van der Waals surface area contributed by atoms with Crippen LogP contribution in [-0.2, 0) is 0 Å². The Balaban J connectivity index is 2.43. The largest absolute Gasteiger partial charge is 0.121 e. The second-order valence-electron chi connectivity index (χ2n) is 3.67. The minimum absolute atomic E-state index is 0.236. The zero-order chi connectivity index (χ0) is 12.6. The maximum absolute atomic E-state index is 6.48. The molecule has 90 valence electrons. The standard InChI is InChI=1S/C12H8Br2Cl2S/c1-6-2-3-7(9(15)4-6)11(16)8-5-10(13)17-12(8)14/h2-5,11H,1H3. The molecule has 0 bridgehead atoms. The predicted octanol–water partition coefficient (Wildman–Crippen LogP) is 6.56. The first-order valence-electron chi connectivity index (χ1n) is 4.84. The molecule has 0 N–H and O–H groups in total. The van der Waals surface area contributed by atoms with E-state index in [1.165, 1.54) is 0 Å². The van der Waals surface area contributed by atoms with Gasteiger partial charge in [0.15, 0.2) is 0 Å². The topological polar surface area (TPSA) is 0 Å². The summed E-state index contributed by atoms with van der Waals surface area (Å²) < 4.78 is 2.08. The third kappa shape index (κ3) is 3.07. The van der Waals surface area contributed by atoms with E-state index in [0.717, 1.165) is 24.3 Å². The summed E-state index contributed by atoms with van der Waals surface area (Å²) in [7, 11) is 0. The van der Waals surface area contributed by atoms with Crippen LogP contribution in [0.5, 0.6) is 0 Å². The molecule has 1 aromatic carbocycles. The molecule has 0 saturated carbocycles. The smallest absolute Gasteiger partial charge is 0.0869 e. The molecular weight excluding hydrogens is 407 g/mol. The number of hydrogen-bond donors (Lipinski definition) is 0. The summed E-state index contributed by atoms with van der Waals surface area (Å²) in [6, 6.07) is 7.95. The van der Waals surface area contributed by atoms with Gasteiger partial charge >= 0.3 is 0 Å². The second-order valence-corrected chi connectivity index (χ2v) is 8.26. The number of halogens is 4.